The molecule has 0 unspecified atom stereocenters. The molecule has 0 bridgehead atoms. The SMILES string of the molecule is CCc1ccc(-c2ccsc2COc2ccc(CCC(=O)O)c(C)c2C)cc1. The van der Waals surface area contributed by atoms with Crippen molar-refractivity contribution < 1.29 is 14.6 Å². The van der Waals surface area contributed by atoms with Gasteiger partial charge in [-0.3, -0.25) is 4.79 Å². The minimum Gasteiger partial charge on any atom is -0.488 e. The van der Waals surface area contributed by atoms with E-state index in [1.165, 1.54) is 21.6 Å². The number of benzene rings is 2. The molecule has 3 nitrogen and oxygen atoms in total. The van der Waals surface area contributed by atoms with Crippen LogP contribution in [0.15, 0.2) is 47.8 Å². The lowest BCUT2D eigenvalue weighted by molar-refractivity contribution is -0.136. The standard InChI is InChI=1S/C24H26O3S/c1-4-18-5-7-20(8-6-18)21-13-14-28-23(21)15-27-22-11-9-19(10-12-24(25)26)16(2)17(22)3/h5-9,11,13-14H,4,10,12,15H2,1-3H3,(H,25,26). The van der Waals surface area contributed by atoms with Gasteiger partial charge in [-0.2, -0.15) is 0 Å². The van der Waals surface area contributed by atoms with E-state index in [2.05, 4.69) is 42.6 Å². The van der Waals surface area contributed by atoms with Gasteiger partial charge in [0.25, 0.3) is 0 Å². The van der Waals surface area contributed by atoms with Crippen molar-refractivity contribution in [3.8, 4) is 16.9 Å². The van der Waals surface area contributed by atoms with Crippen molar-refractivity contribution in [1.29, 1.82) is 0 Å². The molecule has 0 aliphatic carbocycles. The van der Waals surface area contributed by atoms with E-state index in [1.54, 1.807) is 11.3 Å². The van der Waals surface area contributed by atoms with Gasteiger partial charge in [-0.15, -0.1) is 11.3 Å². The van der Waals surface area contributed by atoms with Crippen molar-refractivity contribution in [2.45, 2.75) is 46.6 Å². The molecule has 0 atom stereocenters. The Morgan fingerprint density at radius 3 is 2.46 bits per heavy atom. The summed E-state index contributed by atoms with van der Waals surface area (Å²) in [5.74, 6) is 0.0897. The normalized spacial score (nSPS) is 10.8. The molecule has 1 aromatic heterocycles. The van der Waals surface area contributed by atoms with E-state index in [1.807, 2.05) is 26.0 Å². The van der Waals surface area contributed by atoms with Gasteiger partial charge in [0.1, 0.15) is 12.4 Å². The third kappa shape index (κ3) is 4.63. The molecule has 0 fully saturated rings. The molecule has 1 N–H and O–H groups in total. The number of ether oxygens (including phenoxy) is 1. The van der Waals surface area contributed by atoms with Crippen LogP contribution in [0.2, 0.25) is 0 Å². The lowest BCUT2D eigenvalue weighted by Gasteiger charge is -2.14. The highest BCUT2D eigenvalue weighted by molar-refractivity contribution is 7.10. The quantitative estimate of drug-likeness (QED) is 0.495. The van der Waals surface area contributed by atoms with Gasteiger partial charge < -0.3 is 9.84 Å². The molecule has 146 valence electrons. The summed E-state index contributed by atoms with van der Waals surface area (Å²) >= 11 is 1.71. The second-order valence-electron chi connectivity index (χ2n) is 6.96. The zero-order valence-corrected chi connectivity index (χ0v) is 17.4. The van der Waals surface area contributed by atoms with Crippen LogP contribution >= 0.6 is 11.3 Å². The maximum atomic E-state index is 10.8. The Morgan fingerprint density at radius 1 is 1.04 bits per heavy atom. The molecular formula is C24H26O3S. The molecular weight excluding hydrogens is 368 g/mol. The van der Waals surface area contributed by atoms with Crippen LogP contribution in [0.25, 0.3) is 11.1 Å². The maximum absolute atomic E-state index is 10.8. The summed E-state index contributed by atoms with van der Waals surface area (Å²) in [6.07, 6.45) is 1.74. The Labute approximate surface area is 170 Å². The molecule has 3 rings (SSSR count). The third-order valence-corrected chi connectivity index (χ3v) is 6.13. The molecule has 0 aliphatic heterocycles. The molecule has 0 amide bonds. The van der Waals surface area contributed by atoms with Crippen LogP contribution in [0.3, 0.4) is 0 Å². The van der Waals surface area contributed by atoms with Crippen LogP contribution in [0.4, 0.5) is 0 Å². The predicted molar refractivity (Wildman–Crippen MR) is 115 cm³/mol. The summed E-state index contributed by atoms with van der Waals surface area (Å²) in [5.41, 5.74) is 7.04. The van der Waals surface area contributed by atoms with Crippen LogP contribution in [0.5, 0.6) is 5.75 Å². The number of rotatable bonds is 8. The van der Waals surface area contributed by atoms with Gasteiger partial charge in [0.05, 0.1) is 0 Å². The number of carbonyl (C=O) groups is 1. The van der Waals surface area contributed by atoms with E-state index in [0.717, 1.165) is 28.9 Å². The van der Waals surface area contributed by atoms with Crippen molar-refractivity contribution in [2.24, 2.45) is 0 Å². The molecule has 0 saturated heterocycles. The second-order valence-corrected chi connectivity index (χ2v) is 7.96. The molecule has 0 spiro atoms. The number of aryl methyl sites for hydroxylation is 2. The highest BCUT2D eigenvalue weighted by atomic mass is 32.1. The fraction of sp³-hybridized carbons (Fsp3) is 0.292. The summed E-state index contributed by atoms with van der Waals surface area (Å²) in [6, 6.07) is 14.8. The van der Waals surface area contributed by atoms with Crippen molar-refractivity contribution in [3.05, 3.63) is 75.0 Å². The number of hydrogen-bond donors (Lipinski definition) is 1. The fourth-order valence-corrected chi connectivity index (χ4v) is 4.10. The third-order valence-electron chi connectivity index (χ3n) is 5.24. The smallest absolute Gasteiger partial charge is 0.303 e. The first-order valence-corrected chi connectivity index (χ1v) is 10.5. The second kappa shape index (κ2) is 9.07. The molecule has 0 saturated carbocycles. The zero-order chi connectivity index (χ0) is 20.1. The van der Waals surface area contributed by atoms with Gasteiger partial charge in [-0.25, -0.2) is 0 Å². The lowest BCUT2D eigenvalue weighted by Crippen LogP contribution is -2.02. The van der Waals surface area contributed by atoms with Crippen molar-refractivity contribution >= 4 is 17.3 Å². The molecule has 0 aliphatic rings. The first kappa shape index (κ1) is 20.2. The van der Waals surface area contributed by atoms with Crippen LogP contribution < -0.4 is 4.74 Å². The van der Waals surface area contributed by atoms with Gasteiger partial charge in [0.15, 0.2) is 0 Å². The monoisotopic (exact) mass is 394 g/mol. The summed E-state index contributed by atoms with van der Waals surface area (Å²) in [4.78, 5) is 12.0. The van der Waals surface area contributed by atoms with Gasteiger partial charge in [-0.05, 0) is 77.6 Å². The Hall–Kier alpha value is -2.59. The van der Waals surface area contributed by atoms with Crippen LogP contribution in [-0.2, 0) is 24.2 Å². The van der Waals surface area contributed by atoms with Gasteiger partial charge >= 0.3 is 5.97 Å². The number of thiophene rings is 1. The maximum Gasteiger partial charge on any atom is 0.303 e. The average molecular weight is 395 g/mol. The largest absolute Gasteiger partial charge is 0.488 e. The molecule has 2 aromatic carbocycles. The van der Waals surface area contributed by atoms with Crippen LogP contribution in [-0.4, -0.2) is 11.1 Å². The van der Waals surface area contributed by atoms with Crippen molar-refractivity contribution in [1.82, 2.24) is 0 Å². The predicted octanol–water partition coefficient (Wildman–Crippen LogP) is 6.19. The fourth-order valence-electron chi connectivity index (χ4n) is 3.29. The van der Waals surface area contributed by atoms with Crippen LogP contribution in [0, 0.1) is 13.8 Å². The first-order chi connectivity index (χ1) is 13.5. The number of aliphatic carboxylic acids is 1. The van der Waals surface area contributed by atoms with E-state index >= 15 is 0 Å². The Balaban J connectivity index is 1.73. The van der Waals surface area contributed by atoms with E-state index in [9.17, 15) is 4.79 Å². The zero-order valence-electron chi connectivity index (χ0n) is 16.6. The molecule has 4 heteroatoms. The summed E-state index contributed by atoms with van der Waals surface area (Å²) in [6.45, 7) is 6.76. The van der Waals surface area contributed by atoms with Gasteiger partial charge in [-0.1, -0.05) is 37.3 Å². The molecule has 0 radical (unpaired) electrons. The van der Waals surface area contributed by atoms with Crippen molar-refractivity contribution in [2.75, 3.05) is 0 Å². The minimum absolute atomic E-state index is 0.149. The van der Waals surface area contributed by atoms with E-state index in [4.69, 9.17) is 9.84 Å². The number of carboxylic acids is 1. The summed E-state index contributed by atoms with van der Waals surface area (Å²) < 4.78 is 6.14. The lowest BCUT2D eigenvalue weighted by atomic mass is 9.99. The number of carboxylic acid groups (broad SMARTS) is 1. The Kier molecular flexibility index (Phi) is 6.53. The van der Waals surface area contributed by atoms with E-state index in [-0.39, 0.29) is 6.42 Å². The van der Waals surface area contributed by atoms with Crippen LogP contribution in [0.1, 0.15) is 40.5 Å². The Morgan fingerprint density at radius 2 is 1.79 bits per heavy atom. The first-order valence-electron chi connectivity index (χ1n) is 9.59. The minimum atomic E-state index is -0.769. The van der Waals surface area contributed by atoms with Gasteiger partial charge in [0, 0.05) is 11.3 Å². The molecule has 28 heavy (non-hydrogen) atoms. The van der Waals surface area contributed by atoms with E-state index < -0.39 is 5.97 Å². The summed E-state index contributed by atoms with van der Waals surface area (Å²) in [5, 5.41) is 11.0. The summed E-state index contributed by atoms with van der Waals surface area (Å²) in [7, 11) is 0. The highest BCUT2D eigenvalue weighted by Crippen LogP contribution is 2.31. The topological polar surface area (TPSA) is 46.5 Å². The molecule has 1 heterocycles. The number of hydrogen-bond acceptors (Lipinski definition) is 3. The van der Waals surface area contributed by atoms with Gasteiger partial charge in [0.2, 0.25) is 0 Å². The van der Waals surface area contributed by atoms with E-state index in [0.29, 0.717) is 13.0 Å². The van der Waals surface area contributed by atoms with Crippen molar-refractivity contribution in [3.63, 3.8) is 0 Å². The highest BCUT2D eigenvalue weighted by Gasteiger charge is 2.12. The Bertz CT molecular complexity index is 954. The molecule has 3 aromatic rings. The average Bonchev–Trinajstić information content (AvgIpc) is 3.17.